The molecule has 1 aliphatic rings. The van der Waals surface area contributed by atoms with Crippen molar-refractivity contribution in [2.24, 2.45) is 0 Å². The Morgan fingerprint density at radius 3 is 2.69 bits per heavy atom. The van der Waals surface area contributed by atoms with E-state index in [0.717, 1.165) is 19.3 Å². The minimum absolute atomic E-state index is 0.0872. The fourth-order valence-corrected chi connectivity index (χ4v) is 2.10. The average molecular weight is 235 g/mol. The maximum Gasteiger partial charge on any atom is 0.455 e. The van der Waals surface area contributed by atoms with E-state index < -0.39 is 12.0 Å². The number of hydrogen-bond acceptors (Lipinski definition) is 4. The van der Waals surface area contributed by atoms with E-state index in [1.165, 1.54) is 0 Å². The van der Waals surface area contributed by atoms with Gasteiger partial charge in [0, 0.05) is 6.04 Å². The summed E-state index contributed by atoms with van der Waals surface area (Å²) in [5.41, 5.74) is 0. The Bertz CT molecular complexity index is 363. The largest absolute Gasteiger partial charge is 0.455 e. The lowest BCUT2D eigenvalue weighted by Crippen LogP contribution is -2.27. The molecule has 0 aliphatic heterocycles. The number of hydrogen-bond donors (Lipinski definition) is 1. The number of aromatic nitrogens is 2. The highest BCUT2D eigenvalue weighted by Crippen LogP contribution is 2.35. The average Bonchev–Trinajstić information content (AvgIpc) is 2.84. The van der Waals surface area contributed by atoms with Crippen molar-refractivity contribution in [3.05, 3.63) is 11.7 Å². The van der Waals surface area contributed by atoms with Crippen LogP contribution in [0.3, 0.4) is 0 Å². The number of likely N-dealkylation sites (N-methyl/N-ethyl adjacent to an activating group) is 1. The molecule has 0 aromatic carbocycles. The van der Waals surface area contributed by atoms with Crippen LogP contribution in [0.5, 0.6) is 0 Å². The van der Waals surface area contributed by atoms with E-state index in [-0.39, 0.29) is 17.9 Å². The molecular weight excluding hydrogens is 223 g/mol. The quantitative estimate of drug-likeness (QED) is 0.851. The third kappa shape index (κ3) is 2.04. The smallest absolute Gasteiger partial charge is 0.339 e. The highest BCUT2D eigenvalue weighted by atomic mass is 19.4. The molecule has 90 valence electrons. The van der Waals surface area contributed by atoms with E-state index in [9.17, 15) is 13.2 Å². The molecule has 4 nitrogen and oxygen atoms in total. The van der Waals surface area contributed by atoms with Gasteiger partial charge in [0.15, 0.2) is 0 Å². The molecule has 1 aromatic heterocycles. The zero-order chi connectivity index (χ0) is 11.8. The third-order valence-corrected chi connectivity index (χ3v) is 2.90. The lowest BCUT2D eigenvalue weighted by Gasteiger charge is -2.14. The SMILES string of the molecule is CNC1CCCC1c1nc(C(F)(F)F)no1. The van der Waals surface area contributed by atoms with Gasteiger partial charge < -0.3 is 9.84 Å². The van der Waals surface area contributed by atoms with E-state index in [4.69, 9.17) is 0 Å². The zero-order valence-corrected chi connectivity index (χ0v) is 8.71. The first kappa shape index (κ1) is 11.4. The molecule has 1 heterocycles. The first-order valence-electron chi connectivity index (χ1n) is 5.10. The van der Waals surface area contributed by atoms with Crippen LogP contribution in [0, 0.1) is 0 Å². The molecule has 0 spiro atoms. The van der Waals surface area contributed by atoms with Crippen LogP contribution < -0.4 is 5.32 Å². The summed E-state index contributed by atoms with van der Waals surface area (Å²) in [4.78, 5) is 3.42. The molecule has 1 fully saturated rings. The summed E-state index contributed by atoms with van der Waals surface area (Å²) in [5, 5.41) is 6.01. The van der Waals surface area contributed by atoms with Crippen LogP contribution in [0.4, 0.5) is 13.2 Å². The van der Waals surface area contributed by atoms with Crippen LogP contribution >= 0.6 is 0 Å². The Balaban J connectivity index is 2.18. The predicted molar refractivity (Wildman–Crippen MR) is 48.7 cm³/mol. The molecule has 16 heavy (non-hydrogen) atoms. The zero-order valence-electron chi connectivity index (χ0n) is 8.71. The maximum absolute atomic E-state index is 12.3. The molecule has 1 aliphatic carbocycles. The van der Waals surface area contributed by atoms with Crippen LogP contribution in [-0.2, 0) is 6.18 Å². The van der Waals surface area contributed by atoms with Gasteiger partial charge in [-0.05, 0) is 19.9 Å². The Labute approximate surface area is 90.2 Å². The Morgan fingerprint density at radius 1 is 1.38 bits per heavy atom. The first-order chi connectivity index (χ1) is 7.52. The van der Waals surface area contributed by atoms with Crippen molar-refractivity contribution < 1.29 is 17.7 Å². The van der Waals surface area contributed by atoms with Crippen LogP contribution in [0.1, 0.15) is 36.9 Å². The maximum atomic E-state index is 12.3. The van der Waals surface area contributed by atoms with Gasteiger partial charge in [-0.25, -0.2) is 0 Å². The molecule has 0 saturated heterocycles. The van der Waals surface area contributed by atoms with Gasteiger partial charge in [-0.1, -0.05) is 11.6 Å². The number of nitrogens with one attached hydrogen (secondary N) is 1. The second-order valence-electron chi connectivity index (χ2n) is 3.89. The molecular formula is C9H12F3N3O. The molecule has 1 saturated carbocycles. The number of halogens is 3. The molecule has 2 unspecified atom stereocenters. The Morgan fingerprint density at radius 2 is 2.12 bits per heavy atom. The third-order valence-electron chi connectivity index (χ3n) is 2.90. The van der Waals surface area contributed by atoms with Gasteiger partial charge >= 0.3 is 6.18 Å². The van der Waals surface area contributed by atoms with Gasteiger partial charge in [-0.15, -0.1) is 0 Å². The lowest BCUT2D eigenvalue weighted by molar-refractivity contribution is -0.146. The van der Waals surface area contributed by atoms with Gasteiger partial charge in [0.1, 0.15) is 0 Å². The molecule has 1 N–H and O–H groups in total. The Hall–Kier alpha value is -1.11. The van der Waals surface area contributed by atoms with Gasteiger partial charge in [0.05, 0.1) is 5.92 Å². The number of nitrogens with zero attached hydrogens (tertiary/aromatic N) is 2. The summed E-state index contributed by atoms with van der Waals surface area (Å²) in [6, 6.07) is 0.126. The van der Waals surface area contributed by atoms with Gasteiger partial charge in [0.2, 0.25) is 5.89 Å². The van der Waals surface area contributed by atoms with Crippen LogP contribution in [0.15, 0.2) is 4.52 Å². The normalized spacial score (nSPS) is 26.2. The first-order valence-corrected chi connectivity index (χ1v) is 5.10. The van der Waals surface area contributed by atoms with E-state index in [1.54, 1.807) is 7.05 Å². The van der Waals surface area contributed by atoms with Crippen LogP contribution in [0.2, 0.25) is 0 Å². The highest BCUT2D eigenvalue weighted by molar-refractivity contribution is 5.03. The van der Waals surface area contributed by atoms with Gasteiger partial charge in [-0.3, -0.25) is 0 Å². The van der Waals surface area contributed by atoms with Crippen LogP contribution in [0.25, 0.3) is 0 Å². The summed E-state index contributed by atoms with van der Waals surface area (Å²) in [5.74, 6) is -1.21. The standard InChI is InChI=1S/C9H12F3N3O/c1-13-6-4-2-3-5(6)7-14-8(15-16-7)9(10,11)12/h5-6,13H,2-4H2,1H3. The molecule has 0 bridgehead atoms. The summed E-state index contributed by atoms with van der Waals surface area (Å²) >= 11 is 0. The highest BCUT2D eigenvalue weighted by Gasteiger charge is 2.39. The van der Waals surface area contributed by atoms with Crippen molar-refractivity contribution in [3.8, 4) is 0 Å². The van der Waals surface area contributed by atoms with E-state index in [1.807, 2.05) is 0 Å². The molecule has 7 heteroatoms. The summed E-state index contributed by atoms with van der Waals surface area (Å²) < 4.78 is 41.5. The van der Waals surface area contributed by atoms with Crippen molar-refractivity contribution in [1.82, 2.24) is 15.5 Å². The molecule has 2 rings (SSSR count). The van der Waals surface area contributed by atoms with E-state index in [2.05, 4.69) is 20.0 Å². The van der Waals surface area contributed by atoms with Crippen LogP contribution in [-0.4, -0.2) is 23.2 Å². The van der Waals surface area contributed by atoms with Crippen molar-refractivity contribution in [2.45, 2.75) is 37.4 Å². The van der Waals surface area contributed by atoms with Crippen molar-refractivity contribution in [1.29, 1.82) is 0 Å². The number of alkyl halides is 3. The molecule has 1 aromatic rings. The topological polar surface area (TPSA) is 51.0 Å². The molecule has 0 amide bonds. The molecule has 0 radical (unpaired) electrons. The van der Waals surface area contributed by atoms with Crippen molar-refractivity contribution >= 4 is 0 Å². The predicted octanol–water partition coefficient (Wildman–Crippen LogP) is 1.94. The summed E-state index contributed by atoms with van der Waals surface area (Å²) in [6.45, 7) is 0. The molecule has 2 atom stereocenters. The second kappa shape index (κ2) is 4.04. The fraction of sp³-hybridized carbons (Fsp3) is 0.778. The van der Waals surface area contributed by atoms with Crippen molar-refractivity contribution in [2.75, 3.05) is 7.05 Å². The lowest BCUT2D eigenvalue weighted by atomic mass is 10.0. The summed E-state index contributed by atoms with van der Waals surface area (Å²) in [6.07, 6.45) is -1.87. The minimum atomic E-state index is -4.53. The van der Waals surface area contributed by atoms with E-state index >= 15 is 0 Å². The second-order valence-corrected chi connectivity index (χ2v) is 3.89. The number of rotatable bonds is 2. The van der Waals surface area contributed by atoms with Crippen molar-refractivity contribution in [3.63, 3.8) is 0 Å². The fourth-order valence-electron chi connectivity index (χ4n) is 2.10. The minimum Gasteiger partial charge on any atom is -0.339 e. The Kier molecular flexibility index (Phi) is 2.88. The summed E-state index contributed by atoms with van der Waals surface area (Å²) in [7, 11) is 1.78. The van der Waals surface area contributed by atoms with Gasteiger partial charge in [0.25, 0.3) is 5.82 Å². The monoisotopic (exact) mass is 235 g/mol. The van der Waals surface area contributed by atoms with Gasteiger partial charge in [-0.2, -0.15) is 18.2 Å². The van der Waals surface area contributed by atoms with E-state index in [0.29, 0.717) is 0 Å².